The average molecular weight is 217 g/mol. The Kier molecular flexibility index (Phi) is 5.52. The number of pyridine rings is 1. The number of nitrogens with zero attached hydrogens (tertiary/aromatic N) is 3. The molecule has 16 heavy (non-hydrogen) atoms. The first-order chi connectivity index (χ1) is 7.77. The lowest BCUT2D eigenvalue weighted by molar-refractivity contribution is 0.241. The molecule has 0 bridgehead atoms. The van der Waals surface area contributed by atoms with E-state index < -0.39 is 0 Å². The second-order valence-electron chi connectivity index (χ2n) is 4.01. The highest BCUT2D eigenvalue weighted by Gasteiger charge is 2.11. The van der Waals surface area contributed by atoms with Gasteiger partial charge in [0.05, 0.1) is 12.5 Å². The normalized spacial score (nSPS) is 12.4. The van der Waals surface area contributed by atoms with Gasteiger partial charge in [0.2, 0.25) is 0 Å². The van der Waals surface area contributed by atoms with Gasteiger partial charge in [0.1, 0.15) is 0 Å². The van der Waals surface area contributed by atoms with Crippen LogP contribution >= 0.6 is 0 Å². The second kappa shape index (κ2) is 6.97. The third-order valence-corrected chi connectivity index (χ3v) is 2.92. The Balaban J connectivity index is 2.40. The minimum Gasteiger partial charge on any atom is -0.302 e. The molecule has 0 aliphatic rings. The molecule has 0 spiro atoms. The minimum atomic E-state index is 0.381. The van der Waals surface area contributed by atoms with Crippen molar-refractivity contribution in [1.82, 2.24) is 9.88 Å². The summed E-state index contributed by atoms with van der Waals surface area (Å²) in [6, 6.07) is 6.71. The number of nitriles is 1. The van der Waals surface area contributed by atoms with Gasteiger partial charge in [-0.25, -0.2) is 0 Å². The van der Waals surface area contributed by atoms with E-state index >= 15 is 0 Å². The molecule has 0 saturated carbocycles. The van der Waals surface area contributed by atoms with Crippen molar-refractivity contribution in [2.24, 2.45) is 0 Å². The van der Waals surface area contributed by atoms with Gasteiger partial charge in [0.25, 0.3) is 0 Å². The summed E-state index contributed by atoms with van der Waals surface area (Å²) in [4.78, 5) is 6.26. The van der Waals surface area contributed by atoms with E-state index in [0.717, 1.165) is 19.4 Å². The number of hydrogen-bond donors (Lipinski definition) is 0. The third kappa shape index (κ3) is 4.00. The van der Waals surface area contributed by atoms with Gasteiger partial charge in [-0.15, -0.1) is 0 Å². The summed E-state index contributed by atoms with van der Waals surface area (Å²) in [5.41, 5.74) is 1.30. The minimum absolute atomic E-state index is 0.381. The van der Waals surface area contributed by atoms with Gasteiger partial charge < -0.3 is 4.90 Å². The lowest BCUT2D eigenvalue weighted by Crippen LogP contribution is -2.32. The van der Waals surface area contributed by atoms with Crippen LogP contribution in [-0.4, -0.2) is 29.5 Å². The SMILES string of the molecule is CCC(CC#N)N(C)CCc1ccncc1. The molecule has 1 unspecified atom stereocenters. The van der Waals surface area contributed by atoms with Crippen LogP contribution in [0, 0.1) is 11.3 Å². The van der Waals surface area contributed by atoms with Crippen LogP contribution in [0.2, 0.25) is 0 Å². The van der Waals surface area contributed by atoms with Crippen molar-refractivity contribution in [3.8, 4) is 6.07 Å². The predicted octanol–water partition coefficient (Wildman–Crippen LogP) is 2.25. The van der Waals surface area contributed by atoms with E-state index in [1.54, 1.807) is 0 Å². The highest BCUT2D eigenvalue weighted by atomic mass is 15.1. The van der Waals surface area contributed by atoms with Crippen molar-refractivity contribution < 1.29 is 0 Å². The first kappa shape index (κ1) is 12.7. The predicted molar refractivity (Wildman–Crippen MR) is 64.9 cm³/mol. The molecule has 1 rings (SSSR count). The first-order valence-corrected chi connectivity index (χ1v) is 5.74. The molecule has 0 aliphatic carbocycles. The fourth-order valence-electron chi connectivity index (χ4n) is 1.75. The first-order valence-electron chi connectivity index (χ1n) is 5.74. The van der Waals surface area contributed by atoms with Crippen LogP contribution in [0.5, 0.6) is 0 Å². The second-order valence-corrected chi connectivity index (χ2v) is 4.01. The molecule has 0 radical (unpaired) electrons. The van der Waals surface area contributed by atoms with Gasteiger partial charge in [-0.3, -0.25) is 4.98 Å². The quantitative estimate of drug-likeness (QED) is 0.733. The summed E-state index contributed by atoms with van der Waals surface area (Å²) >= 11 is 0. The van der Waals surface area contributed by atoms with Gasteiger partial charge >= 0.3 is 0 Å². The molecular formula is C13H19N3. The van der Waals surface area contributed by atoms with Crippen molar-refractivity contribution in [2.75, 3.05) is 13.6 Å². The number of rotatable bonds is 6. The summed E-state index contributed by atoms with van der Waals surface area (Å²) in [7, 11) is 2.09. The van der Waals surface area contributed by atoms with E-state index in [4.69, 9.17) is 5.26 Å². The summed E-state index contributed by atoms with van der Waals surface area (Å²) in [5.74, 6) is 0. The van der Waals surface area contributed by atoms with Crippen molar-refractivity contribution in [3.05, 3.63) is 30.1 Å². The van der Waals surface area contributed by atoms with Crippen molar-refractivity contribution in [3.63, 3.8) is 0 Å². The Morgan fingerprint density at radius 1 is 1.44 bits per heavy atom. The number of aromatic nitrogens is 1. The summed E-state index contributed by atoms with van der Waals surface area (Å²) in [6.45, 7) is 3.12. The summed E-state index contributed by atoms with van der Waals surface area (Å²) in [5, 5.41) is 8.72. The van der Waals surface area contributed by atoms with Crippen LogP contribution in [-0.2, 0) is 6.42 Å². The Labute approximate surface area is 97.7 Å². The number of likely N-dealkylation sites (N-methyl/N-ethyl adjacent to an activating group) is 1. The maximum absolute atomic E-state index is 8.72. The summed E-state index contributed by atoms with van der Waals surface area (Å²) in [6.07, 6.45) is 6.30. The Morgan fingerprint density at radius 3 is 2.69 bits per heavy atom. The van der Waals surface area contributed by atoms with Gasteiger partial charge in [0.15, 0.2) is 0 Å². The maximum Gasteiger partial charge on any atom is 0.0638 e. The van der Waals surface area contributed by atoms with Gasteiger partial charge in [-0.05, 0) is 37.6 Å². The zero-order valence-electron chi connectivity index (χ0n) is 10.1. The van der Waals surface area contributed by atoms with Crippen molar-refractivity contribution >= 4 is 0 Å². The van der Waals surface area contributed by atoms with Gasteiger partial charge in [-0.1, -0.05) is 6.92 Å². The van der Waals surface area contributed by atoms with Crippen LogP contribution in [0.3, 0.4) is 0 Å². The largest absolute Gasteiger partial charge is 0.302 e. The molecule has 0 aromatic carbocycles. The lowest BCUT2D eigenvalue weighted by Gasteiger charge is -2.24. The van der Waals surface area contributed by atoms with E-state index in [1.165, 1.54) is 5.56 Å². The third-order valence-electron chi connectivity index (χ3n) is 2.92. The molecule has 0 fully saturated rings. The standard InChI is InChI=1S/C13H19N3/c1-3-13(4-8-14)16(2)11-7-12-5-9-15-10-6-12/h5-6,9-10,13H,3-4,7,11H2,1-2H3. The molecule has 0 saturated heterocycles. The monoisotopic (exact) mass is 217 g/mol. The van der Waals surface area contributed by atoms with E-state index in [9.17, 15) is 0 Å². The van der Waals surface area contributed by atoms with Crippen LogP contribution in [0.15, 0.2) is 24.5 Å². The maximum atomic E-state index is 8.72. The van der Waals surface area contributed by atoms with Gasteiger partial charge in [-0.2, -0.15) is 5.26 Å². The molecule has 1 aromatic rings. The van der Waals surface area contributed by atoms with Crippen LogP contribution in [0.1, 0.15) is 25.3 Å². The Morgan fingerprint density at radius 2 is 2.12 bits per heavy atom. The molecule has 0 amide bonds. The molecule has 1 aromatic heterocycles. The van der Waals surface area contributed by atoms with Crippen LogP contribution < -0.4 is 0 Å². The van der Waals surface area contributed by atoms with E-state index in [2.05, 4.69) is 29.9 Å². The highest BCUT2D eigenvalue weighted by molar-refractivity contribution is 5.09. The molecule has 1 atom stereocenters. The molecule has 0 aliphatic heterocycles. The van der Waals surface area contributed by atoms with E-state index in [-0.39, 0.29) is 0 Å². The van der Waals surface area contributed by atoms with E-state index in [0.29, 0.717) is 12.5 Å². The lowest BCUT2D eigenvalue weighted by atomic mass is 10.1. The van der Waals surface area contributed by atoms with Crippen LogP contribution in [0.4, 0.5) is 0 Å². The fraction of sp³-hybridized carbons (Fsp3) is 0.538. The summed E-state index contributed by atoms with van der Waals surface area (Å²) < 4.78 is 0. The average Bonchev–Trinajstić information content (AvgIpc) is 2.34. The van der Waals surface area contributed by atoms with Crippen LogP contribution in [0.25, 0.3) is 0 Å². The fourth-order valence-corrected chi connectivity index (χ4v) is 1.75. The highest BCUT2D eigenvalue weighted by Crippen LogP contribution is 2.07. The Hall–Kier alpha value is -1.40. The van der Waals surface area contributed by atoms with Gasteiger partial charge in [0, 0.05) is 25.0 Å². The zero-order chi connectivity index (χ0) is 11.8. The van der Waals surface area contributed by atoms with E-state index in [1.807, 2.05) is 24.5 Å². The topological polar surface area (TPSA) is 39.9 Å². The van der Waals surface area contributed by atoms with Crippen molar-refractivity contribution in [2.45, 2.75) is 32.2 Å². The number of hydrogen-bond acceptors (Lipinski definition) is 3. The molecule has 1 heterocycles. The molecule has 0 N–H and O–H groups in total. The Bertz CT molecular complexity index is 329. The molecule has 3 heteroatoms. The molecule has 3 nitrogen and oxygen atoms in total. The molecule has 86 valence electrons. The molecular weight excluding hydrogens is 198 g/mol. The van der Waals surface area contributed by atoms with Crippen molar-refractivity contribution in [1.29, 1.82) is 5.26 Å². The smallest absolute Gasteiger partial charge is 0.0638 e. The zero-order valence-corrected chi connectivity index (χ0v) is 10.1.